The predicted molar refractivity (Wildman–Crippen MR) is 70.7 cm³/mol. The highest BCUT2D eigenvalue weighted by molar-refractivity contribution is 5.78. The van der Waals surface area contributed by atoms with Gasteiger partial charge in [0.25, 0.3) is 0 Å². The van der Waals surface area contributed by atoms with Gasteiger partial charge in [0, 0.05) is 24.4 Å². The van der Waals surface area contributed by atoms with E-state index in [1.807, 2.05) is 35.0 Å². The number of fused-ring (bicyclic) bond motifs is 1. The average Bonchev–Trinajstić information content (AvgIpc) is 3.09. The lowest BCUT2D eigenvalue weighted by Crippen LogP contribution is -2.32. The topological polar surface area (TPSA) is 66.6 Å². The first-order valence-electron chi connectivity index (χ1n) is 6.51. The number of carbonyl (C=O) groups is 1. The molecule has 1 fully saturated rings. The molecule has 1 amide bonds. The van der Waals surface area contributed by atoms with Gasteiger partial charge in [0.15, 0.2) is 0 Å². The van der Waals surface area contributed by atoms with Gasteiger partial charge in [-0.2, -0.15) is 0 Å². The lowest BCUT2D eigenvalue weighted by Gasteiger charge is -2.11. The number of hydrogen-bond acceptors (Lipinski definition) is 3. The van der Waals surface area contributed by atoms with Crippen molar-refractivity contribution in [1.29, 1.82) is 0 Å². The Morgan fingerprint density at radius 3 is 3.00 bits per heavy atom. The fraction of sp³-hybridized carbons (Fsp3) is 0.429. The molecule has 2 N–H and O–H groups in total. The Bertz CT molecular complexity index is 569. The van der Waals surface area contributed by atoms with Crippen LogP contribution < -0.4 is 5.32 Å². The SMILES string of the molecule is O=C(Cc1cn2ccccc2n1)NCC1(CO)CC1. The minimum Gasteiger partial charge on any atom is -0.396 e. The van der Waals surface area contributed by atoms with E-state index in [1.165, 1.54) is 0 Å². The molecule has 0 radical (unpaired) electrons. The summed E-state index contributed by atoms with van der Waals surface area (Å²) in [5, 5.41) is 12.1. The molecule has 1 aliphatic rings. The number of aromatic nitrogens is 2. The second-order valence-electron chi connectivity index (χ2n) is 5.31. The third-order valence-corrected chi connectivity index (χ3v) is 3.71. The Balaban J connectivity index is 1.59. The third kappa shape index (κ3) is 2.61. The second kappa shape index (κ2) is 4.66. The van der Waals surface area contributed by atoms with E-state index in [4.69, 9.17) is 0 Å². The summed E-state index contributed by atoms with van der Waals surface area (Å²) in [7, 11) is 0. The van der Waals surface area contributed by atoms with Crippen molar-refractivity contribution >= 4 is 11.6 Å². The van der Waals surface area contributed by atoms with Crippen LogP contribution >= 0.6 is 0 Å². The predicted octanol–water partition coefficient (Wildman–Crippen LogP) is 0.765. The zero-order valence-corrected chi connectivity index (χ0v) is 10.7. The molecule has 19 heavy (non-hydrogen) atoms. The van der Waals surface area contributed by atoms with Gasteiger partial charge < -0.3 is 14.8 Å². The van der Waals surface area contributed by atoms with Crippen molar-refractivity contribution in [3.05, 3.63) is 36.3 Å². The van der Waals surface area contributed by atoms with Crippen LogP contribution in [0.4, 0.5) is 0 Å². The Hall–Kier alpha value is -1.88. The fourth-order valence-electron chi connectivity index (χ4n) is 2.15. The van der Waals surface area contributed by atoms with Crippen molar-refractivity contribution < 1.29 is 9.90 Å². The molecule has 0 atom stereocenters. The molecule has 0 saturated heterocycles. The molecule has 0 unspecified atom stereocenters. The summed E-state index contributed by atoms with van der Waals surface area (Å²) in [6, 6.07) is 5.76. The summed E-state index contributed by atoms with van der Waals surface area (Å²) in [5.74, 6) is -0.0388. The number of carbonyl (C=O) groups excluding carboxylic acids is 1. The number of nitrogens with one attached hydrogen (secondary N) is 1. The Morgan fingerprint density at radius 1 is 1.47 bits per heavy atom. The maximum atomic E-state index is 11.8. The van der Waals surface area contributed by atoms with Gasteiger partial charge in [-0.15, -0.1) is 0 Å². The van der Waals surface area contributed by atoms with Crippen molar-refractivity contribution in [1.82, 2.24) is 14.7 Å². The summed E-state index contributed by atoms with van der Waals surface area (Å²) >= 11 is 0. The number of rotatable bonds is 5. The molecule has 5 heteroatoms. The van der Waals surface area contributed by atoms with Crippen LogP contribution in [0.25, 0.3) is 5.65 Å². The average molecular weight is 259 g/mol. The van der Waals surface area contributed by atoms with Gasteiger partial charge in [-0.3, -0.25) is 4.79 Å². The van der Waals surface area contributed by atoms with E-state index in [-0.39, 0.29) is 24.3 Å². The van der Waals surface area contributed by atoms with E-state index in [9.17, 15) is 9.90 Å². The highest BCUT2D eigenvalue weighted by Gasteiger charge is 2.41. The molecule has 2 aromatic heterocycles. The van der Waals surface area contributed by atoms with Crippen molar-refractivity contribution in [3.63, 3.8) is 0 Å². The van der Waals surface area contributed by atoms with Gasteiger partial charge in [0.05, 0.1) is 18.7 Å². The first-order chi connectivity index (χ1) is 9.21. The minimum atomic E-state index is -0.0471. The number of hydrogen-bond donors (Lipinski definition) is 2. The van der Waals surface area contributed by atoms with Crippen LogP contribution in [0.3, 0.4) is 0 Å². The quantitative estimate of drug-likeness (QED) is 0.833. The van der Waals surface area contributed by atoms with Gasteiger partial charge >= 0.3 is 0 Å². The lowest BCUT2D eigenvalue weighted by molar-refractivity contribution is -0.120. The molecule has 5 nitrogen and oxygen atoms in total. The highest BCUT2D eigenvalue weighted by atomic mass is 16.3. The monoisotopic (exact) mass is 259 g/mol. The summed E-state index contributed by atoms with van der Waals surface area (Å²) in [4.78, 5) is 16.2. The van der Waals surface area contributed by atoms with Crippen molar-refractivity contribution in [2.45, 2.75) is 19.3 Å². The van der Waals surface area contributed by atoms with Crippen LogP contribution in [-0.2, 0) is 11.2 Å². The molecule has 0 aromatic carbocycles. The van der Waals surface area contributed by atoms with E-state index in [0.29, 0.717) is 6.54 Å². The number of aliphatic hydroxyl groups is 1. The van der Waals surface area contributed by atoms with Gasteiger partial charge in [-0.25, -0.2) is 4.98 Å². The van der Waals surface area contributed by atoms with Gasteiger partial charge in [0.1, 0.15) is 5.65 Å². The van der Waals surface area contributed by atoms with Crippen LogP contribution in [-0.4, -0.2) is 33.6 Å². The number of nitrogens with zero attached hydrogens (tertiary/aromatic N) is 2. The van der Waals surface area contributed by atoms with Crippen LogP contribution in [0.15, 0.2) is 30.6 Å². The normalized spacial score (nSPS) is 16.5. The molecule has 1 aliphatic carbocycles. The number of imidazole rings is 1. The van der Waals surface area contributed by atoms with Crippen molar-refractivity contribution in [2.75, 3.05) is 13.2 Å². The van der Waals surface area contributed by atoms with Gasteiger partial charge in [0.2, 0.25) is 5.91 Å². The smallest absolute Gasteiger partial charge is 0.226 e. The molecule has 0 bridgehead atoms. The molecular weight excluding hydrogens is 242 g/mol. The maximum Gasteiger partial charge on any atom is 0.226 e. The lowest BCUT2D eigenvalue weighted by atomic mass is 10.1. The van der Waals surface area contributed by atoms with E-state index < -0.39 is 0 Å². The number of aliphatic hydroxyl groups excluding tert-OH is 1. The molecule has 1 saturated carbocycles. The molecule has 2 heterocycles. The van der Waals surface area contributed by atoms with E-state index in [2.05, 4.69) is 10.3 Å². The van der Waals surface area contributed by atoms with E-state index in [0.717, 1.165) is 24.2 Å². The van der Waals surface area contributed by atoms with Crippen molar-refractivity contribution in [3.8, 4) is 0 Å². The van der Waals surface area contributed by atoms with Crippen LogP contribution in [0.5, 0.6) is 0 Å². The Kier molecular flexibility index (Phi) is 2.98. The molecule has 0 spiro atoms. The molecular formula is C14H17N3O2. The Morgan fingerprint density at radius 2 is 2.32 bits per heavy atom. The molecule has 100 valence electrons. The highest BCUT2D eigenvalue weighted by Crippen LogP contribution is 2.44. The van der Waals surface area contributed by atoms with Crippen molar-refractivity contribution in [2.24, 2.45) is 5.41 Å². The molecule has 0 aliphatic heterocycles. The number of amides is 1. The summed E-state index contributed by atoms with van der Waals surface area (Å²) in [5.41, 5.74) is 1.56. The Labute approximate surface area is 111 Å². The van der Waals surface area contributed by atoms with Crippen LogP contribution in [0, 0.1) is 5.41 Å². The molecule has 3 rings (SSSR count). The number of pyridine rings is 1. The largest absolute Gasteiger partial charge is 0.396 e. The second-order valence-corrected chi connectivity index (χ2v) is 5.31. The minimum absolute atomic E-state index is 0.0388. The van der Waals surface area contributed by atoms with Crippen LogP contribution in [0.2, 0.25) is 0 Å². The maximum absolute atomic E-state index is 11.8. The standard InChI is InChI=1S/C14H17N3O2/c18-10-14(4-5-14)9-15-13(19)7-11-8-17-6-2-1-3-12(17)16-11/h1-3,6,8,18H,4-5,7,9-10H2,(H,15,19). The third-order valence-electron chi connectivity index (χ3n) is 3.71. The van der Waals surface area contributed by atoms with Crippen LogP contribution in [0.1, 0.15) is 18.5 Å². The first kappa shape index (κ1) is 12.2. The zero-order chi connectivity index (χ0) is 13.3. The molecule has 2 aromatic rings. The van der Waals surface area contributed by atoms with Gasteiger partial charge in [-0.05, 0) is 25.0 Å². The van der Waals surface area contributed by atoms with Gasteiger partial charge in [-0.1, -0.05) is 6.07 Å². The van der Waals surface area contributed by atoms with E-state index >= 15 is 0 Å². The summed E-state index contributed by atoms with van der Waals surface area (Å²) < 4.78 is 1.90. The first-order valence-corrected chi connectivity index (χ1v) is 6.51. The fourth-order valence-corrected chi connectivity index (χ4v) is 2.15. The zero-order valence-electron chi connectivity index (χ0n) is 10.7. The summed E-state index contributed by atoms with van der Waals surface area (Å²) in [6.45, 7) is 0.720. The van der Waals surface area contributed by atoms with E-state index in [1.54, 1.807) is 0 Å². The summed E-state index contributed by atoms with van der Waals surface area (Å²) in [6.07, 6.45) is 6.06.